The maximum absolute atomic E-state index is 10.8. The fourth-order valence-corrected chi connectivity index (χ4v) is 1.19. The van der Waals surface area contributed by atoms with E-state index in [4.69, 9.17) is 21.8 Å². The Morgan fingerprint density at radius 3 is 2.56 bits per heavy atom. The predicted molar refractivity (Wildman–Crippen MR) is 57.5 cm³/mol. The van der Waals surface area contributed by atoms with Gasteiger partial charge in [0.1, 0.15) is 6.42 Å². The lowest BCUT2D eigenvalue weighted by Gasteiger charge is -1.99. The number of hydrogen-bond donors (Lipinski definition) is 2. The Bertz CT molecular complexity index is 496. The Morgan fingerprint density at radius 2 is 2.00 bits per heavy atom. The molecule has 0 atom stereocenters. The van der Waals surface area contributed by atoms with Crippen LogP contribution in [0.4, 0.5) is 0 Å². The van der Waals surface area contributed by atoms with Crippen molar-refractivity contribution >= 4 is 23.5 Å². The molecule has 1 aromatic rings. The van der Waals surface area contributed by atoms with Crippen LogP contribution in [0.3, 0.4) is 0 Å². The highest BCUT2D eigenvalue weighted by molar-refractivity contribution is 6.31. The first-order valence-electron chi connectivity index (χ1n) is 4.24. The summed E-state index contributed by atoms with van der Waals surface area (Å²) >= 11 is 5.64. The predicted octanol–water partition coefficient (Wildman–Crippen LogP) is 1.86. The van der Waals surface area contributed by atoms with E-state index in [9.17, 15) is 9.59 Å². The average Bonchev–Trinajstić information content (AvgIpc) is 2.19. The molecule has 0 unspecified atom stereocenters. The van der Waals surface area contributed by atoms with Crippen LogP contribution >= 0.6 is 11.6 Å². The van der Waals surface area contributed by atoms with Crippen molar-refractivity contribution in [1.29, 1.82) is 0 Å². The minimum atomic E-state index is -1.15. The molecule has 5 heteroatoms. The summed E-state index contributed by atoms with van der Waals surface area (Å²) in [6.45, 7) is 0. The molecule has 0 heterocycles. The van der Waals surface area contributed by atoms with Crippen molar-refractivity contribution < 1.29 is 19.8 Å². The molecule has 1 rings (SSSR count). The summed E-state index contributed by atoms with van der Waals surface area (Å²) in [7, 11) is 0. The average molecular weight is 239 g/mol. The molecular formula is C11H7ClO4. The van der Waals surface area contributed by atoms with Gasteiger partial charge in [-0.25, -0.2) is 4.79 Å². The number of halogens is 1. The zero-order valence-corrected chi connectivity index (χ0v) is 8.78. The number of carbonyl (C=O) groups is 2. The van der Waals surface area contributed by atoms with Gasteiger partial charge in [0.15, 0.2) is 0 Å². The third-order valence-corrected chi connectivity index (χ3v) is 1.91. The second-order valence-electron chi connectivity index (χ2n) is 2.87. The van der Waals surface area contributed by atoms with Crippen LogP contribution in [0.1, 0.15) is 22.3 Å². The van der Waals surface area contributed by atoms with Crippen LogP contribution in [0.25, 0.3) is 0 Å². The van der Waals surface area contributed by atoms with E-state index in [1.165, 1.54) is 18.2 Å². The van der Waals surface area contributed by atoms with E-state index in [0.717, 1.165) is 0 Å². The summed E-state index contributed by atoms with van der Waals surface area (Å²) in [5, 5.41) is 17.5. The lowest BCUT2D eigenvalue weighted by molar-refractivity contribution is -0.135. The van der Waals surface area contributed by atoms with Crippen LogP contribution in [0.15, 0.2) is 18.2 Å². The molecule has 4 nitrogen and oxygen atoms in total. The molecule has 0 aromatic heterocycles. The Labute approximate surface area is 96.5 Å². The molecule has 0 bridgehead atoms. The van der Waals surface area contributed by atoms with E-state index in [0.29, 0.717) is 5.02 Å². The van der Waals surface area contributed by atoms with Crippen LogP contribution in [-0.4, -0.2) is 22.2 Å². The second kappa shape index (κ2) is 5.19. The van der Waals surface area contributed by atoms with Gasteiger partial charge in [0.2, 0.25) is 0 Å². The van der Waals surface area contributed by atoms with Gasteiger partial charge in [-0.05, 0) is 18.2 Å². The molecular weight excluding hydrogens is 232 g/mol. The number of rotatable bonds is 2. The van der Waals surface area contributed by atoms with Crippen LogP contribution in [0.2, 0.25) is 5.02 Å². The SMILES string of the molecule is O=C(O)CC#Cc1ccc(Cl)cc1C(=O)O. The molecule has 0 fully saturated rings. The zero-order valence-electron chi connectivity index (χ0n) is 8.03. The van der Waals surface area contributed by atoms with E-state index in [1.807, 2.05) is 0 Å². The first-order chi connectivity index (χ1) is 7.50. The number of benzene rings is 1. The quantitative estimate of drug-likeness (QED) is 0.772. The lowest BCUT2D eigenvalue weighted by atomic mass is 10.1. The highest BCUT2D eigenvalue weighted by Crippen LogP contribution is 2.15. The van der Waals surface area contributed by atoms with Crippen LogP contribution < -0.4 is 0 Å². The molecule has 16 heavy (non-hydrogen) atoms. The number of carboxylic acids is 2. The minimum Gasteiger partial charge on any atom is -0.481 e. The van der Waals surface area contributed by atoms with E-state index >= 15 is 0 Å². The smallest absolute Gasteiger partial charge is 0.337 e. The molecule has 0 spiro atoms. The van der Waals surface area contributed by atoms with Crippen LogP contribution in [0, 0.1) is 11.8 Å². The van der Waals surface area contributed by atoms with Crippen molar-refractivity contribution in [1.82, 2.24) is 0 Å². The van der Waals surface area contributed by atoms with Crippen molar-refractivity contribution in [3.63, 3.8) is 0 Å². The van der Waals surface area contributed by atoms with E-state index in [-0.39, 0.29) is 17.5 Å². The molecule has 0 aliphatic heterocycles. The molecule has 82 valence electrons. The summed E-state index contributed by atoms with van der Waals surface area (Å²) in [6.07, 6.45) is -0.332. The monoisotopic (exact) mass is 238 g/mol. The van der Waals surface area contributed by atoms with Gasteiger partial charge in [0, 0.05) is 10.6 Å². The maximum atomic E-state index is 10.8. The summed E-state index contributed by atoms with van der Waals surface area (Å²) in [4.78, 5) is 21.1. The van der Waals surface area contributed by atoms with Gasteiger partial charge in [-0.2, -0.15) is 0 Å². The highest BCUT2D eigenvalue weighted by atomic mass is 35.5. The normalized spacial score (nSPS) is 9.06. The molecule has 0 aliphatic rings. The van der Waals surface area contributed by atoms with Gasteiger partial charge in [-0.15, -0.1) is 0 Å². The number of carboxylic acid groups (broad SMARTS) is 2. The fourth-order valence-electron chi connectivity index (χ4n) is 1.02. The van der Waals surface area contributed by atoms with Gasteiger partial charge in [0.25, 0.3) is 0 Å². The van der Waals surface area contributed by atoms with E-state index < -0.39 is 11.9 Å². The van der Waals surface area contributed by atoms with Gasteiger partial charge in [-0.1, -0.05) is 23.4 Å². The largest absolute Gasteiger partial charge is 0.481 e. The first kappa shape index (κ1) is 12.1. The topological polar surface area (TPSA) is 74.6 Å². The molecule has 0 radical (unpaired) electrons. The summed E-state index contributed by atoms with van der Waals surface area (Å²) in [6, 6.07) is 4.22. The molecule has 0 saturated carbocycles. The minimum absolute atomic E-state index is 0.0367. The molecule has 2 N–H and O–H groups in total. The van der Waals surface area contributed by atoms with Crippen molar-refractivity contribution in [2.75, 3.05) is 0 Å². The van der Waals surface area contributed by atoms with Gasteiger partial charge in [-0.3, -0.25) is 4.79 Å². The van der Waals surface area contributed by atoms with Crippen molar-refractivity contribution in [3.05, 3.63) is 34.3 Å². The van der Waals surface area contributed by atoms with Crippen LogP contribution in [0.5, 0.6) is 0 Å². The Morgan fingerprint density at radius 1 is 1.31 bits per heavy atom. The fraction of sp³-hybridized carbons (Fsp3) is 0.0909. The molecule has 0 amide bonds. The first-order valence-corrected chi connectivity index (χ1v) is 4.62. The zero-order chi connectivity index (χ0) is 12.1. The van der Waals surface area contributed by atoms with E-state index in [1.54, 1.807) is 0 Å². The Balaban J connectivity index is 3.07. The van der Waals surface area contributed by atoms with Gasteiger partial charge >= 0.3 is 11.9 Å². The third-order valence-electron chi connectivity index (χ3n) is 1.67. The van der Waals surface area contributed by atoms with Gasteiger partial charge in [0.05, 0.1) is 5.56 Å². The van der Waals surface area contributed by atoms with Crippen LogP contribution in [-0.2, 0) is 4.79 Å². The molecule has 1 aromatic carbocycles. The van der Waals surface area contributed by atoms with Crippen molar-refractivity contribution in [2.45, 2.75) is 6.42 Å². The standard InChI is InChI=1S/C11H7ClO4/c12-8-5-4-7(2-1-3-10(13)14)9(6-8)11(15)16/h4-6H,3H2,(H,13,14)(H,15,16). The second-order valence-corrected chi connectivity index (χ2v) is 3.30. The third kappa shape index (κ3) is 3.30. The molecule has 0 saturated heterocycles. The number of aliphatic carboxylic acids is 1. The summed E-state index contributed by atoms with van der Waals surface area (Å²) in [5.41, 5.74) is 0.212. The lowest BCUT2D eigenvalue weighted by Crippen LogP contribution is -2.00. The van der Waals surface area contributed by atoms with Crippen molar-refractivity contribution in [3.8, 4) is 11.8 Å². The highest BCUT2D eigenvalue weighted by Gasteiger charge is 2.08. The Hall–Kier alpha value is -1.99. The summed E-state index contributed by atoms with van der Waals surface area (Å²) in [5.74, 6) is 2.63. The summed E-state index contributed by atoms with van der Waals surface area (Å²) < 4.78 is 0. The van der Waals surface area contributed by atoms with Gasteiger partial charge < -0.3 is 10.2 Å². The molecule has 0 aliphatic carbocycles. The maximum Gasteiger partial charge on any atom is 0.337 e. The van der Waals surface area contributed by atoms with E-state index in [2.05, 4.69) is 11.8 Å². The number of hydrogen-bond acceptors (Lipinski definition) is 2. The number of aromatic carboxylic acids is 1. The van der Waals surface area contributed by atoms with Crippen molar-refractivity contribution in [2.24, 2.45) is 0 Å². The Kier molecular flexibility index (Phi) is 3.92.